The molecule has 0 fully saturated rings. The molecule has 1 atom stereocenters. The van der Waals surface area contributed by atoms with Crippen molar-refractivity contribution in [2.75, 3.05) is 5.32 Å². The Bertz CT molecular complexity index is 1100. The number of hydrogen-bond acceptors (Lipinski definition) is 4. The Morgan fingerprint density at radius 2 is 1.81 bits per heavy atom. The molecule has 0 amide bonds. The molecule has 0 saturated carbocycles. The number of aromatic nitrogens is 4. The molecule has 0 aliphatic rings. The van der Waals surface area contributed by atoms with Gasteiger partial charge in [0.1, 0.15) is 5.39 Å². The number of fused-ring (bicyclic) bond motifs is 1. The molecule has 1 unspecified atom stereocenters. The van der Waals surface area contributed by atoms with Crippen LogP contribution in [0.3, 0.4) is 0 Å². The summed E-state index contributed by atoms with van der Waals surface area (Å²) in [5.41, 5.74) is 3.50. The Labute approximate surface area is 150 Å². The molecule has 6 heteroatoms. The van der Waals surface area contributed by atoms with Gasteiger partial charge in [0.25, 0.3) is 5.56 Å². The third kappa shape index (κ3) is 2.97. The molecule has 2 N–H and O–H groups in total. The van der Waals surface area contributed by atoms with Crippen LogP contribution in [0.5, 0.6) is 0 Å². The predicted octanol–water partition coefficient (Wildman–Crippen LogP) is 3.59. The molecule has 4 aromatic rings. The van der Waals surface area contributed by atoms with Crippen LogP contribution in [0.25, 0.3) is 16.7 Å². The standard InChI is InChI=1S/C20H19N5O/c1-13-8-10-15(11-9-13)14(2)22-20-23-18-17(19(26)24-20)12-21-25(18)16-6-4-3-5-7-16/h3-12,14H,1-2H3,(H2,22,23,24,26). The number of benzene rings is 2. The minimum Gasteiger partial charge on any atom is -0.349 e. The molecule has 2 heterocycles. The van der Waals surface area contributed by atoms with E-state index in [1.54, 1.807) is 10.9 Å². The van der Waals surface area contributed by atoms with Gasteiger partial charge in [-0.2, -0.15) is 10.1 Å². The smallest absolute Gasteiger partial charge is 0.263 e. The van der Waals surface area contributed by atoms with Crippen LogP contribution >= 0.6 is 0 Å². The summed E-state index contributed by atoms with van der Waals surface area (Å²) < 4.78 is 1.67. The minimum absolute atomic E-state index is 0.00398. The van der Waals surface area contributed by atoms with E-state index in [1.165, 1.54) is 5.56 Å². The lowest BCUT2D eigenvalue weighted by molar-refractivity contribution is 0.852. The maximum absolute atomic E-state index is 12.4. The van der Waals surface area contributed by atoms with Gasteiger partial charge in [0.2, 0.25) is 5.95 Å². The largest absolute Gasteiger partial charge is 0.349 e. The van der Waals surface area contributed by atoms with E-state index in [0.717, 1.165) is 11.3 Å². The van der Waals surface area contributed by atoms with Crippen molar-refractivity contribution >= 4 is 17.0 Å². The third-order valence-corrected chi connectivity index (χ3v) is 4.37. The second-order valence-electron chi connectivity index (χ2n) is 6.32. The predicted molar refractivity (Wildman–Crippen MR) is 103 cm³/mol. The van der Waals surface area contributed by atoms with Gasteiger partial charge in [-0.05, 0) is 31.5 Å². The number of rotatable bonds is 4. The monoisotopic (exact) mass is 345 g/mol. The lowest BCUT2D eigenvalue weighted by Crippen LogP contribution is -2.16. The first-order chi connectivity index (χ1) is 12.6. The molecule has 0 spiro atoms. The summed E-state index contributed by atoms with van der Waals surface area (Å²) in [5.74, 6) is 0.424. The van der Waals surface area contributed by atoms with Crippen molar-refractivity contribution in [3.8, 4) is 5.69 Å². The molecule has 0 radical (unpaired) electrons. The van der Waals surface area contributed by atoms with Gasteiger partial charge in [-0.15, -0.1) is 0 Å². The number of anilines is 1. The van der Waals surface area contributed by atoms with Gasteiger partial charge in [-0.3, -0.25) is 9.78 Å². The first-order valence-electron chi connectivity index (χ1n) is 8.48. The number of aromatic amines is 1. The Kier molecular flexibility index (Phi) is 4.01. The molecule has 130 valence electrons. The lowest BCUT2D eigenvalue weighted by atomic mass is 10.1. The second kappa shape index (κ2) is 6.48. The van der Waals surface area contributed by atoms with E-state index in [9.17, 15) is 4.79 Å². The molecule has 0 aliphatic heterocycles. The van der Waals surface area contributed by atoms with Crippen molar-refractivity contribution in [3.05, 3.63) is 82.3 Å². The van der Waals surface area contributed by atoms with E-state index in [-0.39, 0.29) is 11.6 Å². The normalized spacial score (nSPS) is 12.2. The zero-order valence-electron chi connectivity index (χ0n) is 14.6. The highest BCUT2D eigenvalue weighted by atomic mass is 16.1. The summed E-state index contributed by atoms with van der Waals surface area (Å²) in [6, 6.07) is 17.9. The fraction of sp³-hybridized carbons (Fsp3) is 0.150. The summed E-state index contributed by atoms with van der Waals surface area (Å²) in [4.78, 5) is 19.8. The Hall–Kier alpha value is -3.41. The fourth-order valence-corrected chi connectivity index (χ4v) is 2.89. The van der Waals surface area contributed by atoms with Crippen molar-refractivity contribution in [3.63, 3.8) is 0 Å². The average Bonchev–Trinajstić information content (AvgIpc) is 3.07. The second-order valence-corrected chi connectivity index (χ2v) is 6.32. The first kappa shape index (κ1) is 16.1. The molecule has 4 rings (SSSR count). The number of nitrogens with one attached hydrogen (secondary N) is 2. The van der Waals surface area contributed by atoms with Crippen molar-refractivity contribution in [1.29, 1.82) is 0 Å². The topological polar surface area (TPSA) is 75.6 Å². The van der Waals surface area contributed by atoms with Crippen LogP contribution in [-0.4, -0.2) is 19.7 Å². The van der Waals surface area contributed by atoms with Gasteiger partial charge in [-0.25, -0.2) is 4.68 Å². The van der Waals surface area contributed by atoms with Crippen LogP contribution in [0.4, 0.5) is 5.95 Å². The minimum atomic E-state index is -0.212. The molecule has 2 aromatic heterocycles. The Morgan fingerprint density at radius 1 is 1.08 bits per heavy atom. The summed E-state index contributed by atoms with van der Waals surface area (Å²) in [6.07, 6.45) is 1.54. The Morgan fingerprint density at radius 3 is 2.54 bits per heavy atom. The molecule has 0 bridgehead atoms. The molecule has 6 nitrogen and oxygen atoms in total. The number of para-hydroxylation sites is 1. The van der Waals surface area contributed by atoms with E-state index in [2.05, 4.69) is 51.6 Å². The van der Waals surface area contributed by atoms with Crippen LogP contribution in [0.15, 0.2) is 65.6 Å². The van der Waals surface area contributed by atoms with Crippen molar-refractivity contribution in [2.24, 2.45) is 0 Å². The van der Waals surface area contributed by atoms with Gasteiger partial charge in [0, 0.05) is 0 Å². The number of H-pyrrole nitrogens is 1. The van der Waals surface area contributed by atoms with Crippen LogP contribution in [-0.2, 0) is 0 Å². The van der Waals surface area contributed by atoms with Gasteiger partial charge in [0.05, 0.1) is 17.9 Å². The van der Waals surface area contributed by atoms with Crippen LogP contribution in [0.2, 0.25) is 0 Å². The summed E-state index contributed by atoms with van der Waals surface area (Å²) >= 11 is 0. The highest BCUT2D eigenvalue weighted by molar-refractivity contribution is 5.76. The summed E-state index contributed by atoms with van der Waals surface area (Å²) in [6.45, 7) is 4.09. The fourth-order valence-electron chi connectivity index (χ4n) is 2.89. The van der Waals surface area contributed by atoms with Gasteiger partial charge in [0.15, 0.2) is 5.65 Å². The van der Waals surface area contributed by atoms with Gasteiger partial charge < -0.3 is 5.32 Å². The van der Waals surface area contributed by atoms with E-state index in [1.807, 2.05) is 37.3 Å². The van der Waals surface area contributed by atoms with Crippen molar-refractivity contribution in [1.82, 2.24) is 19.7 Å². The van der Waals surface area contributed by atoms with E-state index in [0.29, 0.717) is 17.0 Å². The van der Waals surface area contributed by atoms with Crippen molar-refractivity contribution < 1.29 is 0 Å². The van der Waals surface area contributed by atoms with Crippen LogP contribution in [0, 0.1) is 6.92 Å². The molecular formula is C20H19N5O. The van der Waals surface area contributed by atoms with Crippen LogP contribution in [0.1, 0.15) is 24.1 Å². The average molecular weight is 345 g/mol. The number of nitrogens with zero attached hydrogens (tertiary/aromatic N) is 3. The van der Waals surface area contributed by atoms with Gasteiger partial charge in [-0.1, -0.05) is 48.0 Å². The van der Waals surface area contributed by atoms with Crippen molar-refractivity contribution in [2.45, 2.75) is 19.9 Å². The SMILES string of the molecule is Cc1ccc(C(C)Nc2nc3c(cnn3-c3ccccc3)c(=O)[nH]2)cc1. The number of hydrogen-bond donors (Lipinski definition) is 2. The Balaban J connectivity index is 1.72. The first-order valence-corrected chi connectivity index (χ1v) is 8.48. The quantitative estimate of drug-likeness (QED) is 0.593. The maximum Gasteiger partial charge on any atom is 0.263 e. The lowest BCUT2D eigenvalue weighted by Gasteiger charge is -2.15. The van der Waals surface area contributed by atoms with E-state index in [4.69, 9.17) is 0 Å². The zero-order chi connectivity index (χ0) is 18.1. The summed E-state index contributed by atoms with van der Waals surface area (Å²) in [7, 11) is 0. The van der Waals surface area contributed by atoms with E-state index < -0.39 is 0 Å². The molecular weight excluding hydrogens is 326 g/mol. The van der Waals surface area contributed by atoms with E-state index >= 15 is 0 Å². The van der Waals surface area contributed by atoms with Gasteiger partial charge >= 0.3 is 0 Å². The molecule has 0 aliphatic carbocycles. The summed E-state index contributed by atoms with van der Waals surface area (Å²) in [5, 5.41) is 8.05. The van der Waals surface area contributed by atoms with Crippen LogP contribution < -0.4 is 10.9 Å². The molecule has 2 aromatic carbocycles. The highest BCUT2D eigenvalue weighted by Gasteiger charge is 2.13. The third-order valence-electron chi connectivity index (χ3n) is 4.37. The molecule has 0 saturated heterocycles. The molecule has 26 heavy (non-hydrogen) atoms. The highest BCUT2D eigenvalue weighted by Crippen LogP contribution is 2.19. The number of aryl methyl sites for hydroxylation is 1. The maximum atomic E-state index is 12.4. The zero-order valence-corrected chi connectivity index (χ0v) is 14.6.